The molecule has 166 valence electrons. The molecule has 0 amide bonds. The Labute approximate surface area is 196 Å². The molecule has 2 aromatic rings. The van der Waals surface area contributed by atoms with Crippen LogP contribution in [-0.2, 0) is 13.2 Å². The summed E-state index contributed by atoms with van der Waals surface area (Å²) in [6.07, 6.45) is 6.95. The minimum atomic E-state index is -0.366. The maximum Gasteiger partial charge on any atom is 0.167 e. The van der Waals surface area contributed by atoms with Crippen molar-refractivity contribution in [1.29, 1.82) is 0 Å². The number of hydrogen-bond acceptors (Lipinski definition) is 3. The summed E-state index contributed by atoms with van der Waals surface area (Å²) in [4.78, 5) is 0. The summed E-state index contributed by atoms with van der Waals surface area (Å²) in [6.45, 7) is 0.731. The summed E-state index contributed by atoms with van der Waals surface area (Å²) in [5, 5.41) is 4.23. The number of hydrogen-bond donors (Lipinski definition) is 1. The molecule has 4 aliphatic rings. The van der Waals surface area contributed by atoms with Gasteiger partial charge in [-0.2, -0.15) is 0 Å². The van der Waals surface area contributed by atoms with Gasteiger partial charge in [0.15, 0.2) is 11.5 Å². The molecule has 4 bridgehead atoms. The lowest BCUT2D eigenvalue weighted by molar-refractivity contribution is -0.0143. The quantitative estimate of drug-likeness (QED) is 0.449. The summed E-state index contributed by atoms with van der Waals surface area (Å²) < 4.78 is 26.9. The number of nitrogens with one attached hydrogen (secondary N) is 1. The second-order valence-electron chi connectivity index (χ2n) is 9.38. The van der Waals surface area contributed by atoms with E-state index >= 15 is 0 Å². The Bertz CT molecular complexity index is 921. The molecular formula is C25H28BrClFNO2. The first-order valence-corrected chi connectivity index (χ1v) is 12.3. The van der Waals surface area contributed by atoms with Crippen LogP contribution in [0.4, 0.5) is 4.39 Å². The lowest BCUT2D eigenvalue weighted by Gasteiger charge is -2.54. The van der Waals surface area contributed by atoms with Crippen LogP contribution in [0, 0.1) is 29.5 Å². The van der Waals surface area contributed by atoms with E-state index < -0.39 is 0 Å². The molecule has 0 aromatic heterocycles. The Morgan fingerprint density at radius 3 is 2.39 bits per heavy atom. The molecule has 4 fully saturated rings. The molecule has 0 saturated heterocycles. The van der Waals surface area contributed by atoms with Crippen molar-refractivity contribution in [2.75, 3.05) is 7.11 Å². The van der Waals surface area contributed by atoms with E-state index in [2.05, 4.69) is 21.2 Å². The lowest BCUT2D eigenvalue weighted by atomic mass is 9.54. The van der Waals surface area contributed by atoms with Gasteiger partial charge in [0, 0.05) is 28.2 Å². The van der Waals surface area contributed by atoms with Gasteiger partial charge < -0.3 is 14.8 Å². The molecule has 3 nitrogen and oxygen atoms in total. The topological polar surface area (TPSA) is 30.5 Å². The van der Waals surface area contributed by atoms with Gasteiger partial charge in [0.05, 0.1) is 12.1 Å². The molecule has 4 saturated carbocycles. The SMILES string of the molecule is COc1ccc(Br)c(CNC2C3CC4CC(C3)CC2C4)c1OCc1c(F)cccc1Cl. The van der Waals surface area contributed by atoms with Crippen LogP contribution in [0.15, 0.2) is 34.8 Å². The number of benzene rings is 2. The second kappa shape index (κ2) is 8.92. The van der Waals surface area contributed by atoms with Crippen molar-refractivity contribution in [3.63, 3.8) is 0 Å². The van der Waals surface area contributed by atoms with E-state index in [-0.39, 0.29) is 12.4 Å². The van der Waals surface area contributed by atoms with Gasteiger partial charge in [0.1, 0.15) is 12.4 Å². The Balaban J connectivity index is 1.36. The minimum Gasteiger partial charge on any atom is -0.493 e. The Morgan fingerprint density at radius 1 is 1.03 bits per heavy atom. The van der Waals surface area contributed by atoms with E-state index in [0.29, 0.717) is 34.7 Å². The fraction of sp³-hybridized carbons (Fsp3) is 0.520. The van der Waals surface area contributed by atoms with Crippen molar-refractivity contribution in [3.8, 4) is 11.5 Å². The Kier molecular flexibility index (Phi) is 6.19. The van der Waals surface area contributed by atoms with Crippen molar-refractivity contribution in [1.82, 2.24) is 5.32 Å². The first kappa shape index (κ1) is 21.5. The Morgan fingerprint density at radius 2 is 1.74 bits per heavy atom. The zero-order chi connectivity index (χ0) is 21.5. The highest BCUT2D eigenvalue weighted by Crippen LogP contribution is 2.54. The molecule has 31 heavy (non-hydrogen) atoms. The highest BCUT2D eigenvalue weighted by atomic mass is 79.9. The minimum absolute atomic E-state index is 0.0450. The van der Waals surface area contributed by atoms with Crippen molar-refractivity contribution >= 4 is 27.5 Å². The fourth-order valence-corrected chi connectivity index (χ4v) is 7.03. The van der Waals surface area contributed by atoms with Crippen LogP contribution < -0.4 is 14.8 Å². The summed E-state index contributed by atoms with van der Waals surface area (Å²) in [5.74, 6) is 4.39. The molecule has 0 spiro atoms. The predicted molar refractivity (Wildman–Crippen MR) is 124 cm³/mol. The number of rotatable bonds is 7. The van der Waals surface area contributed by atoms with E-state index in [1.54, 1.807) is 19.2 Å². The van der Waals surface area contributed by atoms with E-state index in [4.69, 9.17) is 21.1 Å². The van der Waals surface area contributed by atoms with Gasteiger partial charge in [0.2, 0.25) is 0 Å². The van der Waals surface area contributed by atoms with E-state index in [1.165, 1.54) is 38.2 Å². The van der Waals surface area contributed by atoms with Gasteiger partial charge in [-0.15, -0.1) is 0 Å². The van der Waals surface area contributed by atoms with Crippen LogP contribution in [0.1, 0.15) is 43.2 Å². The second-order valence-corrected chi connectivity index (χ2v) is 10.6. The number of ether oxygens (including phenoxy) is 2. The molecule has 0 unspecified atom stereocenters. The van der Waals surface area contributed by atoms with Gasteiger partial charge in [-0.1, -0.05) is 33.6 Å². The van der Waals surface area contributed by atoms with Crippen molar-refractivity contribution in [3.05, 3.63) is 56.8 Å². The molecule has 0 atom stereocenters. The third-order valence-corrected chi connectivity index (χ3v) is 8.65. The average Bonchev–Trinajstić information content (AvgIpc) is 2.74. The maximum absolute atomic E-state index is 14.3. The average molecular weight is 509 g/mol. The summed E-state index contributed by atoms with van der Waals surface area (Å²) in [5.41, 5.74) is 1.35. The monoisotopic (exact) mass is 507 g/mol. The molecule has 0 aliphatic heterocycles. The van der Waals surface area contributed by atoms with Gasteiger partial charge >= 0.3 is 0 Å². The van der Waals surface area contributed by atoms with Gasteiger partial charge in [0.25, 0.3) is 0 Å². The molecule has 0 radical (unpaired) electrons. The van der Waals surface area contributed by atoms with Crippen LogP contribution in [0.3, 0.4) is 0 Å². The lowest BCUT2D eigenvalue weighted by Crippen LogP contribution is -2.54. The van der Waals surface area contributed by atoms with E-state index in [1.807, 2.05) is 12.1 Å². The Hall–Kier alpha value is -1.30. The molecular weight excluding hydrogens is 481 g/mol. The zero-order valence-corrected chi connectivity index (χ0v) is 20.0. The number of halogens is 3. The standard InChI is InChI=1S/C25H28BrClFNO2/c1-30-23-6-5-20(26)18(25(23)31-13-19-21(27)3-2-4-22(19)28)12-29-24-16-8-14-7-15(10-16)11-17(24)9-14/h2-6,14-17,24,29H,7-13H2,1H3. The van der Waals surface area contributed by atoms with Gasteiger partial charge in [-0.05, 0) is 80.0 Å². The van der Waals surface area contributed by atoms with Crippen LogP contribution >= 0.6 is 27.5 Å². The molecule has 6 heteroatoms. The van der Waals surface area contributed by atoms with Crippen LogP contribution in [0.5, 0.6) is 11.5 Å². The smallest absolute Gasteiger partial charge is 0.167 e. The highest BCUT2D eigenvalue weighted by molar-refractivity contribution is 9.10. The third kappa shape index (κ3) is 4.21. The van der Waals surface area contributed by atoms with Crippen molar-refractivity contribution < 1.29 is 13.9 Å². The van der Waals surface area contributed by atoms with Crippen molar-refractivity contribution in [2.24, 2.45) is 23.7 Å². The molecule has 1 N–H and O–H groups in total. The summed E-state index contributed by atoms with van der Waals surface area (Å²) in [7, 11) is 1.63. The first-order valence-electron chi connectivity index (χ1n) is 11.2. The molecule has 4 aliphatic carbocycles. The molecule has 6 rings (SSSR count). The zero-order valence-electron chi connectivity index (χ0n) is 17.7. The van der Waals surface area contributed by atoms with Crippen molar-refractivity contribution in [2.45, 2.75) is 51.3 Å². The van der Waals surface area contributed by atoms with Crippen LogP contribution in [0.2, 0.25) is 5.02 Å². The van der Waals surface area contributed by atoms with E-state index in [0.717, 1.165) is 33.7 Å². The number of methoxy groups -OCH3 is 1. The van der Waals surface area contributed by atoms with Crippen LogP contribution in [-0.4, -0.2) is 13.2 Å². The van der Waals surface area contributed by atoms with Gasteiger partial charge in [-0.25, -0.2) is 4.39 Å². The largest absolute Gasteiger partial charge is 0.493 e. The molecule has 2 aromatic carbocycles. The normalized spacial score (nSPS) is 28.7. The van der Waals surface area contributed by atoms with Gasteiger partial charge in [-0.3, -0.25) is 0 Å². The first-order chi connectivity index (χ1) is 15.0. The predicted octanol–water partition coefficient (Wildman–Crippen LogP) is 6.74. The summed E-state index contributed by atoms with van der Waals surface area (Å²) in [6, 6.07) is 9.10. The van der Waals surface area contributed by atoms with Crippen LogP contribution in [0.25, 0.3) is 0 Å². The maximum atomic E-state index is 14.3. The highest BCUT2D eigenvalue weighted by Gasteiger charge is 2.47. The fourth-order valence-electron chi connectivity index (χ4n) is 6.36. The van der Waals surface area contributed by atoms with E-state index in [9.17, 15) is 4.39 Å². The third-order valence-electron chi connectivity index (χ3n) is 7.55. The molecule has 0 heterocycles. The summed E-state index contributed by atoms with van der Waals surface area (Å²) >= 11 is 9.89.